The van der Waals surface area contributed by atoms with E-state index in [1.807, 2.05) is 18.2 Å². The second-order valence-corrected chi connectivity index (χ2v) is 7.50. The van der Waals surface area contributed by atoms with Crippen LogP contribution in [0.15, 0.2) is 30.3 Å². The van der Waals surface area contributed by atoms with Crippen LogP contribution in [0.1, 0.15) is 27.2 Å². The zero-order chi connectivity index (χ0) is 17.4. The third-order valence-electron chi connectivity index (χ3n) is 4.84. The van der Waals surface area contributed by atoms with E-state index in [9.17, 15) is 9.59 Å². The first-order chi connectivity index (χ1) is 12.1. The van der Waals surface area contributed by atoms with Crippen LogP contribution < -0.4 is 0 Å². The molecule has 0 spiro atoms. The molecule has 1 amide bonds. The lowest BCUT2D eigenvalue weighted by Gasteiger charge is -2.34. The number of benzene rings is 1. The average Bonchev–Trinajstić information content (AvgIpc) is 3.06. The van der Waals surface area contributed by atoms with Crippen molar-refractivity contribution in [2.45, 2.75) is 25.3 Å². The predicted octanol–water partition coefficient (Wildman–Crippen LogP) is 2.83. The van der Waals surface area contributed by atoms with Gasteiger partial charge in [-0.1, -0.05) is 24.3 Å². The molecule has 2 aliphatic rings. The summed E-state index contributed by atoms with van der Waals surface area (Å²) in [5.74, 6) is -0.987. The molecule has 1 atom stereocenters. The molecule has 130 valence electrons. The van der Waals surface area contributed by atoms with E-state index < -0.39 is 12.0 Å². The number of rotatable bonds is 3. The number of carbonyl (C=O) groups excluding carboxylic acids is 1. The Balaban J connectivity index is 1.63. The Bertz CT molecular complexity index is 829. The van der Waals surface area contributed by atoms with Gasteiger partial charge in [0.25, 0.3) is 5.91 Å². The summed E-state index contributed by atoms with van der Waals surface area (Å²) in [5, 5.41) is 9.09. The number of aliphatic carboxylic acids is 1. The second-order valence-electron chi connectivity index (χ2n) is 6.45. The lowest BCUT2D eigenvalue weighted by Crippen LogP contribution is -2.49. The van der Waals surface area contributed by atoms with Crippen molar-refractivity contribution < 1.29 is 19.4 Å². The minimum Gasteiger partial charge on any atom is -0.481 e. The van der Waals surface area contributed by atoms with Crippen LogP contribution in [0.25, 0.3) is 10.4 Å². The number of ether oxygens (including phenoxy) is 1. The van der Waals surface area contributed by atoms with E-state index >= 15 is 0 Å². The monoisotopic (exact) mass is 357 g/mol. The second kappa shape index (κ2) is 6.61. The number of nitrogens with zero attached hydrogens (tertiary/aromatic N) is 1. The minimum atomic E-state index is -0.910. The highest BCUT2D eigenvalue weighted by atomic mass is 32.1. The summed E-state index contributed by atoms with van der Waals surface area (Å²) in [6.07, 6.45) is 1.85. The first kappa shape index (κ1) is 16.3. The SMILES string of the molecule is O=C(O)CC1COCCN1C(=O)c1cc2c(s1)-c1ccccc1CC2. The number of fused-ring (bicyclic) bond motifs is 3. The van der Waals surface area contributed by atoms with Gasteiger partial charge in [-0.15, -0.1) is 11.3 Å². The normalized spacial score (nSPS) is 19.2. The maximum Gasteiger partial charge on any atom is 0.305 e. The molecular weight excluding hydrogens is 338 g/mol. The van der Waals surface area contributed by atoms with Crippen LogP contribution in [-0.4, -0.2) is 47.7 Å². The molecule has 1 unspecified atom stereocenters. The molecule has 4 rings (SSSR count). The predicted molar refractivity (Wildman–Crippen MR) is 95.1 cm³/mol. The van der Waals surface area contributed by atoms with E-state index in [1.54, 1.807) is 4.90 Å². The van der Waals surface area contributed by atoms with Crippen LogP contribution in [0.4, 0.5) is 0 Å². The third-order valence-corrected chi connectivity index (χ3v) is 6.04. The molecule has 2 heterocycles. The fourth-order valence-electron chi connectivity index (χ4n) is 3.61. The smallest absolute Gasteiger partial charge is 0.305 e. The standard InChI is InChI=1S/C19H19NO4S/c21-17(22)10-14-11-24-8-7-20(14)19(23)16-9-13-6-5-12-3-1-2-4-15(12)18(13)25-16/h1-4,9,14H,5-8,10-11H2,(H,21,22). The fourth-order valence-corrected chi connectivity index (χ4v) is 4.84. The number of thiophene rings is 1. The van der Waals surface area contributed by atoms with Gasteiger partial charge in [0.2, 0.25) is 0 Å². The van der Waals surface area contributed by atoms with E-state index in [4.69, 9.17) is 9.84 Å². The van der Waals surface area contributed by atoms with Crippen molar-refractivity contribution in [2.24, 2.45) is 0 Å². The molecule has 6 heteroatoms. The molecule has 5 nitrogen and oxygen atoms in total. The highest BCUT2D eigenvalue weighted by Crippen LogP contribution is 2.40. The molecule has 1 aliphatic heterocycles. The van der Waals surface area contributed by atoms with Crippen molar-refractivity contribution in [1.29, 1.82) is 0 Å². The summed E-state index contributed by atoms with van der Waals surface area (Å²) < 4.78 is 5.37. The van der Waals surface area contributed by atoms with Crippen LogP contribution >= 0.6 is 11.3 Å². The maximum absolute atomic E-state index is 13.0. The zero-order valence-electron chi connectivity index (χ0n) is 13.7. The van der Waals surface area contributed by atoms with Gasteiger partial charge in [0.1, 0.15) is 0 Å². The van der Waals surface area contributed by atoms with E-state index in [2.05, 4.69) is 12.1 Å². The Morgan fingerprint density at radius 1 is 1.24 bits per heavy atom. The van der Waals surface area contributed by atoms with Gasteiger partial charge in [-0.3, -0.25) is 9.59 Å². The molecule has 2 aromatic rings. The van der Waals surface area contributed by atoms with Crippen LogP contribution in [0.2, 0.25) is 0 Å². The molecule has 25 heavy (non-hydrogen) atoms. The summed E-state index contributed by atoms with van der Waals surface area (Å²) in [4.78, 5) is 27.6. The molecule has 1 fully saturated rings. The lowest BCUT2D eigenvalue weighted by atomic mass is 9.91. The summed E-state index contributed by atoms with van der Waals surface area (Å²) in [5.41, 5.74) is 3.76. The molecule has 1 aliphatic carbocycles. The van der Waals surface area contributed by atoms with Gasteiger partial charge in [0.05, 0.1) is 30.6 Å². The van der Waals surface area contributed by atoms with Crippen molar-refractivity contribution in [3.8, 4) is 10.4 Å². The lowest BCUT2D eigenvalue weighted by molar-refractivity contribution is -0.139. The third kappa shape index (κ3) is 3.07. The number of hydrogen-bond acceptors (Lipinski definition) is 4. The molecule has 0 radical (unpaired) electrons. The van der Waals surface area contributed by atoms with Gasteiger partial charge in [0.15, 0.2) is 0 Å². The number of carboxylic acid groups (broad SMARTS) is 1. The molecule has 1 aromatic carbocycles. The first-order valence-corrected chi connectivity index (χ1v) is 9.26. The minimum absolute atomic E-state index is 0.0774. The number of hydrogen-bond donors (Lipinski definition) is 1. The van der Waals surface area contributed by atoms with Gasteiger partial charge in [-0.05, 0) is 35.6 Å². The highest BCUT2D eigenvalue weighted by Gasteiger charge is 2.31. The highest BCUT2D eigenvalue weighted by molar-refractivity contribution is 7.17. The van der Waals surface area contributed by atoms with Crippen molar-refractivity contribution in [1.82, 2.24) is 4.90 Å². The summed E-state index contributed by atoms with van der Waals surface area (Å²) in [6.45, 7) is 1.18. The number of carboxylic acids is 1. The van der Waals surface area contributed by atoms with Gasteiger partial charge < -0.3 is 14.7 Å². The molecule has 0 bridgehead atoms. The largest absolute Gasteiger partial charge is 0.481 e. The van der Waals surface area contributed by atoms with Crippen molar-refractivity contribution in [3.05, 3.63) is 46.3 Å². The Morgan fingerprint density at radius 2 is 2.04 bits per heavy atom. The molecule has 1 N–H and O–H groups in total. The number of aryl methyl sites for hydroxylation is 2. The van der Waals surface area contributed by atoms with Crippen molar-refractivity contribution in [2.75, 3.05) is 19.8 Å². The van der Waals surface area contributed by atoms with E-state index in [0.29, 0.717) is 18.0 Å². The summed E-state index contributed by atoms with van der Waals surface area (Å²) in [7, 11) is 0. The van der Waals surface area contributed by atoms with E-state index in [0.717, 1.165) is 12.8 Å². The van der Waals surface area contributed by atoms with Crippen LogP contribution in [0.3, 0.4) is 0 Å². The number of carbonyl (C=O) groups is 2. The van der Waals surface area contributed by atoms with Crippen molar-refractivity contribution >= 4 is 23.2 Å². The maximum atomic E-state index is 13.0. The van der Waals surface area contributed by atoms with Gasteiger partial charge in [0, 0.05) is 11.4 Å². The van der Waals surface area contributed by atoms with Crippen LogP contribution in [0.5, 0.6) is 0 Å². The van der Waals surface area contributed by atoms with Gasteiger partial charge in [-0.2, -0.15) is 0 Å². The Labute approximate surface area is 149 Å². The van der Waals surface area contributed by atoms with Gasteiger partial charge >= 0.3 is 5.97 Å². The van der Waals surface area contributed by atoms with E-state index in [1.165, 1.54) is 32.9 Å². The molecule has 1 aromatic heterocycles. The summed E-state index contributed by atoms with van der Waals surface area (Å²) >= 11 is 1.52. The Hall–Kier alpha value is -2.18. The average molecular weight is 357 g/mol. The zero-order valence-corrected chi connectivity index (χ0v) is 14.6. The first-order valence-electron chi connectivity index (χ1n) is 8.45. The van der Waals surface area contributed by atoms with Crippen LogP contribution in [0, 0.1) is 0 Å². The summed E-state index contributed by atoms with van der Waals surface area (Å²) in [6, 6.07) is 9.93. The van der Waals surface area contributed by atoms with Crippen molar-refractivity contribution in [3.63, 3.8) is 0 Å². The Morgan fingerprint density at radius 3 is 2.88 bits per heavy atom. The van der Waals surface area contributed by atoms with Gasteiger partial charge in [-0.25, -0.2) is 0 Å². The molecule has 0 saturated carbocycles. The number of amides is 1. The van der Waals surface area contributed by atoms with E-state index in [-0.39, 0.29) is 18.9 Å². The molecular formula is C19H19NO4S. The molecule has 1 saturated heterocycles. The topological polar surface area (TPSA) is 66.8 Å². The fraction of sp³-hybridized carbons (Fsp3) is 0.368. The Kier molecular flexibility index (Phi) is 4.31. The van der Waals surface area contributed by atoms with Crippen LogP contribution in [-0.2, 0) is 22.4 Å². The quantitative estimate of drug-likeness (QED) is 0.917. The number of morpholine rings is 1.